The monoisotopic (exact) mass is 265 g/mol. The van der Waals surface area contributed by atoms with Crippen molar-refractivity contribution in [2.75, 3.05) is 7.11 Å². The molecule has 0 radical (unpaired) electrons. The van der Waals surface area contributed by atoms with Crippen LogP contribution in [0.5, 0.6) is 11.5 Å². The highest BCUT2D eigenvalue weighted by molar-refractivity contribution is 5.76. The summed E-state index contributed by atoms with van der Waals surface area (Å²) in [6.07, 6.45) is -4.86. The van der Waals surface area contributed by atoms with Crippen LogP contribution in [0.25, 0.3) is 0 Å². The van der Waals surface area contributed by atoms with Gasteiger partial charge in [-0.15, -0.1) is 13.2 Å². The first kappa shape index (κ1) is 14.1. The third-order valence-corrected chi connectivity index (χ3v) is 2.04. The van der Waals surface area contributed by atoms with Crippen LogP contribution >= 0.6 is 0 Å². The maximum Gasteiger partial charge on any atom is 0.573 e. The summed E-state index contributed by atoms with van der Waals surface area (Å²) in [6.45, 7) is 0. The molecule has 0 aliphatic carbocycles. The van der Waals surface area contributed by atoms with Crippen molar-refractivity contribution < 1.29 is 32.5 Å². The number of aliphatic carboxylic acids is 1. The third-order valence-electron chi connectivity index (χ3n) is 2.04. The van der Waals surface area contributed by atoms with Crippen LogP contribution in [0.3, 0.4) is 0 Å². The van der Waals surface area contributed by atoms with E-state index in [1.807, 2.05) is 0 Å². The average molecular weight is 265 g/mol. The molecule has 1 atom stereocenters. The minimum atomic E-state index is -4.86. The van der Waals surface area contributed by atoms with Crippen LogP contribution in [0.4, 0.5) is 13.2 Å². The first-order valence-corrected chi connectivity index (χ1v) is 4.66. The number of hydrogen-bond donors (Lipinski definition) is 2. The summed E-state index contributed by atoms with van der Waals surface area (Å²) in [7, 11) is 1.25. The number of carbonyl (C=O) groups is 1. The predicted molar refractivity (Wildman–Crippen MR) is 54.2 cm³/mol. The molecule has 0 fully saturated rings. The van der Waals surface area contributed by atoms with Gasteiger partial charge in [0, 0.05) is 5.56 Å². The first-order valence-electron chi connectivity index (χ1n) is 4.66. The molecule has 0 aromatic heterocycles. The largest absolute Gasteiger partial charge is 0.573 e. The second kappa shape index (κ2) is 5.13. The number of nitrogens with two attached hydrogens (primary N) is 1. The summed E-state index contributed by atoms with van der Waals surface area (Å²) in [5.41, 5.74) is 5.23. The topological polar surface area (TPSA) is 81.8 Å². The molecule has 0 saturated heterocycles. The van der Waals surface area contributed by atoms with Gasteiger partial charge in [-0.2, -0.15) is 0 Å². The summed E-state index contributed by atoms with van der Waals surface area (Å²) in [5, 5.41) is 8.74. The fraction of sp³-hybridized carbons (Fsp3) is 0.300. The third kappa shape index (κ3) is 3.52. The zero-order chi connectivity index (χ0) is 13.9. The molecule has 0 amide bonds. The lowest BCUT2D eigenvalue weighted by Crippen LogP contribution is -2.22. The lowest BCUT2D eigenvalue weighted by atomic mass is 10.1. The van der Waals surface area contributed by atoms with Gasteiger partial charge < -0.3 is 20.3 Å². The average Bonchev–Trinajstić information content (AvgIpc) is 2.25. The number of ether oxygens (including phenoxy) is 2. The summed E-state index contributed by atoms with van der Waals surface area (Å²) < 4.78 is 44.5. The van der Waals surface area contributed by atoms with Crippen molar-refractivity contribution in [3.05, 3.63) is 23.8 Å². The molecule has 0 unspecified atom stereocenters. The number of carboxylic acid groups (broad SMARTS) is 1. The van der Waals surface area contributed by atoms with Gasteiger partial charge in [-0.25, -0.2) is 0 Å². The molecular weight excluding hydrogens is 255 g/mol. The Kier molecular flexibility index (Phi) is 4.02. The molecule has 3 N–H and O–H groups in total. The van der Waals surface area contributed by atoms with E-state index in [0.717, 1.165) is 18.2 Å². The van der Waals surface area contributed by atoms with E-state index >= 15 is 0 Å². The zero-order valence-corrected chi connectivity index (χ0v) is 9.19. The zero-order valence-electron chi connectivity index (χ0n) is 9.19. The van der Waals surface area contributed by atoms with Gasteiger partial charge in [0.25, 0.3) is 0 Å². The molecule has 0 heterocycles. The van der Waals surface area contributed by atoms with Crippen molar-refractivity contribution in [2.24, 2.45) is 5.73 Å². The molecule has 0 aliphatic heterocycles. The van der Waals surface area contributed by atoms with Gasteiger partial charge in [0.05, 0.1) is 7.11 Å². The maximum atomic E-state index is 12.0. The highest BCUT2D eigenvalue weighted by Gasteiger charge is 2.32. The van der Waals surface area contributed by atoms with Crippen molar-refractivity contribution in [1.82, 2.24) is 0 Å². The fourth-order valence-corrected chi connectivity index (χ4v) is 1.29. The van der Waals surface area contributed by atoms with Crippen LogP contribution in [0.2, 0.25) is 0 Å². The molecule has 8 heteroatoms. The standard InChI is InChI=1S/C10H10F3NO4/c1-17-7-3-2-5(18-10(11,12)13)4-6(7)8(14)9(15)16/h2-4,8H,14H2,1H3,(H,15,16)/t8-/m0/s1. The summed E-state index contributed by atoms with van der Waals surface area (Å²) in [4.78, 5) is 10.7. The second-order valence-corrected chi connectivity index (χ2v) is 3.27. The molecule has 100 valence electrons. The summed E-state index contributed by atoms with van der Waals surface area (Å²) in [6, 6.07) is 1.53. The maximum absolute atomic E-state index is 12.0. The van der Waals surface area contributed by atoms with Gasteiger partial charge in [0.15, 0.2) is 0 Å². The lowest BCUT2D eigenvalue weighted by Gasteiger charge is -2.15. The quantitative estimate of drug-likeness (QED) is 0.865. The Labute approximate surface area is 99.9 Å². The molecule has 5 nitrogen and oxygen atoms in total. The van der Waals surface area contributed by atoms with Gasteiger partial charge >= 0.3 is 12.3 Å². The van der Waals surface area contributed by atoms with E-state index in [0.29, 0.717) is 0 Å². The predicted octanol–water partition coefficient (Wildman–Crippen LogP) is 1.68. The van der Waals surface area contributed by atoms with Gasteiger partial charge in [0.2, 0.25) is 0 Å². The molecule has 1 aromatic carbocycles. The Morgan fingerprint density at radius 3 is 2.50 bits per heavy atom. The van der Waals surface area contributed by atoms with E-state index < -0.39 is 24.1 Å². The van der Waals surface area contributed by atoms with E-state index in [9.17, 15) is 18.0 Å². The molecule has 0 saturated carbocycles. The first-order chi connectivity index (χ1) is 8.24. The van der Waals surface area contributed by atoms with E-state index in [4.69, 9.17) is 15.6 Å². The van der Waals surface area contributed by atoms with Crippen LogP contribution in [0, 0.1) is 0 Å². The van der Waals surface area contributed by atoms with Crippen LogP contribution in [0.15, 0.2) is 18.2 Å². The highest BCUT2D eigenvalue weighted by atomic mass is 19.4. The second-order valence-electron chi connectivity index (χ2n) is 3.27. The van der Waals surface area contributed by atoms with Crippen molar-refractivity contribution >= 4 is 5.97 Å². The Morgan fingerprint density at radius 1 is 1.44 bits per heavy atom. The molecule has 0 spiro atoms. The van der Waals surface area contributed by atoms with Crippen LogP contribution in [-0.4, -0.2) is 24.5 Å². The number of alkyl halides is 3. The fourth-order valence-electron chi connectivity index (χ4n) is 1.29. The highest BCUT2D eigenvalue weighted by Crippen LogP contribution is 2.31. The SMILES string of the molecule is COc1ccc(OC(F)(F)F)cc1[C@H](N)C(=O)O. The number of carboxylic acids is 1. The van der Waals surface area contributed by atoms with Crippen LogP contribution < -0.4 is 15.2 Å². The van der Waals surface area contributed by atoms with Gasteiger partial charge in [-0.1, -0.05) is 0 Å². The molecule has 0 aliphatic rings. The summed E-state index contributed by atoms with van der Waals surface area (Å²) >= 11 is 0. The number of halogens is 3. The Morgan fingerprint density at radius 2 is 2.06 bits per heavy atom. The number of hydrogen-bond acceptors (Lipinski definition) is 4. The Bertz CT molecular complexity index is 447. The van der Waals surface area contributed by atoms with Gasteiger partial charge in [-0.3, -0.25) is 4.79 Å². The minimum absolute atomic E-state index is 0.0689. The Hall–Kier alpha value is -1.96. The normalized spacial score (nSPS) is 12.9. The van der Waals surface area contributed by atoms with E-state index in [-0.39, 0.29) is 11.3 Å². The van der Waals surface area contributed by atoms with Crippen molar-refractivity contribution in [3.8, 4) is 11.5 Å². The van der Waals surface area contributed by atoms with E-state index in [2.05, 4.69) is 4.74 Å². The van der Waals surface area contributed by atoms with E-state index in [1.165, 1.54) is 7.11 Å². The molecule has 1 aromatic rings. The van der Waals surface area contributed by atoms with Gasteiger partial charge in [-0.05, 0) is 18.2 Å². The smallest absolute Gasteiger partial charge is 0.496 e. The van der Waals surface area contributed by atoms with E-state index in [1.54, 1.807) is 0 Å². The molecule has 1 rings (SSSR count). The van der Waals surface area contributed by atoms with Crippen LogP contribution in [-0.2, 0) is 4.79 Å². The molecule has 0 bridgehead atoms. The molecule has 18 heavy (non-hydrogen) atoms. The van der Waals surface area contributed by atoms with Crippen molar-refractivity contribution in [3.63, 3.8) is 0 Å². The lowest BCUT2D eigenvalue weighted by molar-refractivity contribution is -0.274. The van der Waals surface area contributed by atoms with Gasteiger partial charge in [0.1, 0.15) is 17.5 Å². The van der Waals surface area contributed by atoms with Crippen molar-refractivity contribution in [2.45, 2.75) is 12.4 Å². The summed E-state index contributed by atoms with van der Waals surface area (Å²) in [5.74, 6) is -1.88. The number of methoxy groups -OCH3 is 1. The molecular formula is C10H10F3NO4. The Balaban J connectivity index is 3.13. The number of benzene rings is 1. The van der Waals surface area contributed by atoms with Crippen molar-refractivity contribution in [1.29, 1.82) is 0 Å². The van der Waals surface area contributed by atoms with Crippen LogP contribution in [0.1, 0.15) is 11.6 Å². The number of rotatable bonds is 4. The minimum Gasteiger partial charge on any atom is -0.496 e.